The largest absolute Gasteiger partial charge is 0.461 e. The quantitative estimate of drug-likeness (QED) is 0.655. The molecule has 0 bridgehead atoms. The minimum Gasteiger partial charge on any atom is -0.461 e. The lowest BCUT2D eigenvalue weighted by Gasteiger charge is -2.14. The Morgan fingerprint density at radius 1 is 1.30 bits per heavy atom. The van der Waals surface area contributed by atoms with E-state index in [2.05, 4.69) is 5.32 Å². The van der Waals surface area contributed by atoms with Crippen molar-refractivity contribution in [3.05, 3.63) is 35.9 Å². The molecule has 2 atom stereocenters. The van der Waals surface area contributed by atoms with Crippen LogP contribution in [0.2, 0.25) is 0 Å². The van der Waals surface area contributed by atoms with Gasteiger partial charge in [-0.1, -0.05) is 30.3 Å². The van der Waals surface area contributed by atoms with E-state index in [1.54, 1.807) is 0 Å². The Hall–Kier alpha value is -1.88. The molecule has 20 heavy (non-hydrogen) atoms. The van der Waals surface area contributed by atoms with E-state index in [0.29, 0.717) is 0 Å². The minimum atomic E-state index is -0.733. The van der Waals surface area contributed by atoms with Crippen LogP contribution in [0.15, 0.2) is 30.3 Å². The maximum Gasteiger partial charge on any atom is 0.311 e. The van der Waals surface area contributed by atoms with Crippen molar-refractivity contribution in [2.24, 2.45) is 11.8 Å². The molecule has 0 spiro atoms. The number of hydrogen-bond donors (Lipinski definition) is 1. The van der Waals surface area contributed by atoms with Crippen molar-refractivity contribution in [1.82, 2.24) is 5.32 Å². The number of hydrogen-bond acceptors (Lipinski definition) is 4. The molecular formula is C14H14ClNO4. The lowest BCUT2D eigenvalue weighted by Crippen LogP contribution is -2.27. The highest BCUT2D eigenvalue weighted by Gasteiger charge is 2.41. The number of amides is 1. The molecule has 1 heterocycles. The summed E-state index contributed by atoms with van der Waals surface area (Å²) < 4.78 is 5.19. The van der Waals surface area contributed by atoms with Gasteiger partial charge in [-0.3, -0.25) is 14.4 Å². The molecular weight excluding hydrogens is 282 g/mol. The maximum atomic E-state index is 12.0. The highest BCUT2D eigenvalue weighted by molar-refractivity contribution is 6.63. The van der Waals surface area contributed by atoms with Crippen LogP contribution in [-0.4, -0.2) is 23.7 Å². The van der Waals surface area contributed by atoms with Gasteiger partial charge in [0.25, 0.3) is 0 Å². The zero-order valence-electron chi connectivity index (χ0n) is 10.7. The number of nitrogens with one attached hydrogen (secondary N) is 1. The van der Waals surface area contributed by atoms with E-state index in [4.69, 9.17) is 16.3 Å². The number of esters is 1. The van der Waals surface area contributed by atoms with Crippen LogP contribution in [-0.2, 0) is 25.7 Å². The lowest BCUT2D eigenvalue weighted by atomic mass is 9.93. The standard InChI is InChI=1S/C14H14ClNO4/c15-12(17)6-10-11(7-16-13(10)18)14(19)20-8-9-4-2-1-3-5-9/h1-5,10-11H,6-8H2,(H,16,18)/t10?,11-/m1/s1. The van der Waals surface area contributed by atoms with E-state index in [9.17, 15) is 14.4 Å². The van der Waals surface area contributed by atoms with Crippen LogP contribution in [0.1, 0.15) is 12.0 Å². The van der Waals surface area contributed by atoms with Gasteiger partial charge in [-0.2, -0.15) is 0 Å². The molecule has 1 unspecified atom stereocenters. The highest BCUT2D eigenvalue weighted by Crippen LogP contribution is 2.24. The van der Waals surface area contributed by atoms with Gasteiger partial charge in [-0.15, -0.1) is 0 Å². The lowest BCUT2D eigenvalue weighted by molar-refractivity contribution is -0.151. The molecule has 106 valence electrons. The number of rotatable bonds is 5. The molecule has 0 saturated carbocycles. The van der Waals surface area contributed by atoms with Crippen LogP contribution in [0, 0.1) is 11.8 Å². The summed E-state index contributed by atoms with van der Waals surface area (Å²) in [5, 5.41) is 1.92. The molecule has 1 saturated heterocycles. The van der Waals surface area contributed by atoms with E-state index >= 15 is 0 Å². The molecule has 1 aliphatic rings. The van der Waals surface area contributed by atoms with Crippen LogP contribution in [0.3, 0.4) is 0 Å². The van der Waals surface area contributed by atoms with Crippen molar-refractivity contribution in [2.75, 3.05) is 6.54 Å². The van der Waals surface area contributed by atoms with Crippen molar-refractivity contribution < 1.29 is 19.1 Å². The predicted octanol–water partition coefficient (Wildman–Crippen LogP) is 1.25. The highest BCUT2D eigenvalue weighted by atomic mass is 35.5. The number of carbonyl (C=O) groups excluding carboxylic acids is 3. The molecule has 1 aromatic rings. The second kappa shape index (κ2) is 6.52. The summed E-state index contributed by atoms with van der Waals surface area (Å²) in [4.78, 5) is 34.5. The number of benzene rings is 1. The zero-order valence-corrected chi connectivity index (χ0v) is 11.4. The third-order valence-electron chi connectivity index (χ3n) is 3.23. The smallest absolute Gasteiger partial charge is 0.311 e. The van der Waals surface area contributed by atoms with Gasteiger partial charge >= 0.3 is 5.97 Å². The minimum absolute atomic E-state index is 0.145. The molecule has 1 fully saturated rings. The molecule has 1 N–H and O–H groups in total. The molecule has 1 aromatic carbocycles. The Kier molecular flexibility index (Phi) is 4.74. The van der Waals surface area contributed by atoms with Gasteiger partial charge in [-0.05, 0) is 17.2 Å². The van der Waals surface area contributed by atoms with E-state index in [1.807, 2.05) is 30.3 Å². The Balaban J connectivity index is 1.94. The van der Waals surface area contributed by atoms with Gasteiger partial charge in [-0.25, -0.2) is 0 Å². The van der Waals surface area contributed by atoms with Gasteiger partial charge in [0.05, 0.1) is 11.8 Å². The monoisotopic (exact) mass is 295 g/mol. The van der Waals surface area contributed by atoms with Crippen molar-refractivity contribution >= 4 is 28.7 Å². The van der Waals surface area contributed by atoms with Gasteiger partial charge in [0.15, 0.2) is 0 Å². The van der Waals surface area contributed by atoms with Crippen molar-refractivity contribution in [3.8, 4) is 0 Å². The van der Waals surface area contributed by atoms with E-state index in [-0.39, 0.29) is 25.5 Å². The molecule has 0 aliphatic carbocycles. The molecule has 0 aromatic heterocycles. The number of halogens is 1. The fourth-order valence-corrected chi connectivity index (χ4v) is 2.32. The topological polar surface area (TPSA) is 72.5 Å². The van der Waals surface area contributed by atoms with Crippen LogP contribution < -0.4 is 5.32 Å². The maximum absolute atomic E-state index is 12.0. The normalized spacial score (nSPS) is 21.4. The summed E-state index contributed by atoms with van der Waals surface area (Å²) in [6, 6.07) is 9.24. The summed E-state index contributed by atoms with van der Waals surface area (Å²) in [6.45, 7) is 0.327. The zero-order chi connectivity index (χ0) is 14.5. The fraction of sp³-hybridized carbons (Fsp3) is 0.357. The van der Waals surface area contributed by atoms with Gasteiger partial charge in [0.1, 0.15) is 6.61 Å². The molecule has 1 amide bonds. The van der Waals surface area contributed by atoms with Crippen molar-refractivity contribution in [2.45, 2.75) is 13.0 Å². The first-order chi connectivity index (χ1) is 9.58. The predicted molar refractivity (Wildman–Crippen MR) is 71.7 cm³/mol. The average molecular weight is 296 g/mol. The Morgan fingerprint density at radius 2 is 2.00 bits per heavy atom. The molecule has 1 aliphatic heterocycles. The van der Waals surface area contributed by atoms with Gasteiger partial charge in [0.2, 0.25) is 11.1 Å². The Bertz CT molecular complexity index is 517. The van der Waals surface area contributed by atoms with E-state index < -0.39 is 23.0 Å². The summed E-state index contributed by atoms with van der Waals surface area (Å²) in [5.41, 5.74) is 0.864. The van der Waals surface area contributed by atoms with Crippen molar-refractivity contribution in [3.63, 3.8) is 0 Å². The molecule has 6 heteroatoms. The summed E-state index contributed by atoms with van der Waals surface area (Å²) >= 11 is 5.30. The second-order valence-corrected chi connectivity index (χ2v) is 5.03. The van der Waals surface area contributed by atoms with Crippen LogP contribution in [0.4, 0.5) is 0 Å². The van der Waals surface area contributed by atoms with Crippen molar-refractivity contribution in [1.29, 1.82) is 0 Å². The molecule has 0 radical (unpaired) electrons. The van der Waals surface area contributed by atoms with E-state index in [0.717, 1.165) is 5.56 Å². The van der Waals surface area contributed by atoms with Crippen LogP contribution in [0.25, 0.3) is 0 Å². The summed E-state index contributed by atoms with van der Waals surface area (Å²) in [6.07, 6.45) is -0.154. The summed E-state index contributed by atoms with van der Waals surface area (Å²) in [5.74, 6) is -2.21. The van der Waals surface area contributed by atoms with Gasteiger partial charge < -0.3 is 10.1 Å². The van der Waals surface area contributed by atoms with E-state index in [1.165, 1.54) is 0 Å². The SMILES string of the molecule is O=C(Cl)CC1C(=O)NC[C@H]1C(=O)OCc1ccccc1. The third-order valence-corrected chi connectivity index (χ3v) is 3.38. The van der Waals surface area contributed by atoms with Crippen LogP contribution in [0.5, 0.6) is 0 Å². The van der Waals surface area contributed by atoms with Crippen LogP contribution >= 0.6 is 11.6 Å². The fourth-order valence-electron chi connectivity index (χ4n) is 2.16. The average Bonchev–Trinajstić information content (AvgIpc) is 2.78. The number of carbonyl (C=O) groups is 3. The molecule has 2 rings (SSSR count). The second-order valence-electron chi connectivity index (χ2n) is 4.61. The number of ether oxygens (including phenoxy) is 1. The Morgan fingerprint density at radius 3 is 2.65 bits per heavy atom. The van der Waals surface area contributed by atoms with Gasteiger partial charge in [0, 0.05) is 13.0 Å². The first-order valence-electron chi connectivity index (χ1n) is 6.24. The first-order valence-corrected chi connectivity index (χ1v) is 6.62. The molecule has 5 nitrogen and oxygen atoms in total. The Labute approximate surface area is 121 Å². The summed E-state index contributed by atoms with van der Waals surface area (Å²) in [7, 11) is 0. The first kappa shape index (κ1) is 14.5. The third kappa shape index (κ3) is 3.57.